The lowest BCUT2D eigenvalue weighted by atomic mass is 10.2. The Kier molecular flexibility index (Phi) is 5.76. The van der Waals surface area contributed by atoms with Gasteiger partial charge in [0.05, 0.1) is 16.7 Å². The van der Waals surface area contributed by atoms with E-state index in [1.807, 2.05) is 12.1 Å². The number of anilines is 1. The van der Waals surface area contributed by atoms with E-state index in [0.29, 0.717) is 17.1 Å². The van der Waals surface area contributed by atoms with Crippen molar-refractivity contribution in [2.24, 2.45) is 0 Å². The maximum Gasteiger partial charge on any atom is 0.337 e. The Morgan fingerprint density at radius 2 is 1.54 bits per heavy atom. The highest BCUT2D eigenvalue weighted by Crippen LogP contribution is 2.28. The molecule has 3 aromatic carbocycles. The molecule has 6 nitrogen and oxygen atoms in total. The van der Waals surface area contributed by atoms with E-state index in [-0.39, 0.29) is 11.3 Å². The minimum atomic E-state index is -3.93. The topological polar surface area (TPSA) is 92.7 Å². The Hall–Kier alpha value is -3.58. The number of rotatable bonds is 7. The fourth-order valence-electron chi connectivity index (χ4n) is 2.40. The average molecular weight is 395 g/mol. The molecule has 0 radical (unpaired) electrons. The first-order valence-corrected chi connectivity index (χ1v) is 9.84. The van der Waals surface area contributed by atoms with Crippen molar-refractivity contribution in [1.82, 2.24) is 0 Å². The molecule has 142 valence electrons. The summed E-state index contributed by atoms with van der Waals surface area (Å²) >= 11 is 0. The number of aromatic carboxylic acids is 1. The number of carbonyl (C=O) groups is 1. The van der Waals surface area contributed by atoms with Gasteiger partial charge in [0.25, 0.3) is 10.0 Å². The van der Waals surface area contributed by atoms with E-state index in [4.69, 9.17) is 4.74 Å². The van der Waals surface area contributed by atoms with Crippen molar-refractivity contribution in [2.75, 3.05) is 4.72 Å². The van der Waals surface area contributed by atoms with E-state index in [9.17, 15) is 18.3 Å². The Balaban J connectivity index is 1.87. The summed E-state index contributed by atoms with van der Waals surface area (Å²) < 4.78 is 32.7. The molecule has 0 saturated carbocycles. The van der Waals surface area contributed by atoms with E-state index in [1.165, 1.54) is 24.3 Å². The lowest BCUT2D eigenvalue weighted by molar-refractivity contribution is 0.0698. The molecule has 3 rings (SSSR count). The molecule has 0 bridgehead atoms. The van der Waals surface area contributed by atoms with Gasteiger partial charge in [-0.15, -0.1) is 0 Å². The molecular formula is C21H17NO5S. The number of sulfonamides is 1. The molecule has 0 fully saturated rings. The van der Waals surface area contributed by atoms with Gasteiger partial charge < -0.3 is 9.84 Å². The largest absolute Gasteiger partial charge is 0.478 e. The van der Waals surface area contributed by atoms with Crippen LogP contribution in [0.1, 0.15) is 15.9 Å². The number of carboxylic acids is 1. The van der Waals surface area contributed by atoms with Crippen molar-refractivity contribution in [3.05, 3.63) is 95.4 Å². The number of benzene rings is 3. The van der Waals surface area contributed by atoms with Crippen LogP contribution in [0.15, 0.2) is 84.3 Å². The van der Waals surface area contributed by atoms with E-state index in [0.717, 1.165) is 5.41 Å². The van der Waals surface area contributed by atoms with E-state index in [1.54, 1.807) is 48.5 Å². The lowest BCUT2D eigenvalue weighted by Crippen LogP contribution is -2.12. The first-order chi connectivity index (χ1) is 13.4. The first kappa shape index (κ1) is 19.2. The van der Waals surface area contributed by atoms with E-state index >= 15 is 0 Å². The fourth-order valence-corrected chi connectivity index (χ4v) is 3.28. The van der Waals surface area contributed by atoms with Crippen LogP contribution in [-0.4, -0.2) is 19.5 Å². The second-order valence-electron chi connectivity index (χ2n) is 5.79. The summed E-state index contributed by atoms with van der Waals surface area (Å²) in [5.74, 6) is -0.403. The fraction of sp³-hybridized carbons (Fsp3) is 0. The maximum atomic E-state index is 12.4. The van der Waals surface area contributed by atoms with Gasteiger partial charge in [-0.2, -0.15) is 0 Å². The summed E-state index contributed by atoms with van der Waals surface area (Å²) in [6.07, 6.45) is 1.42. The van der Waals surface area contributed by atoms with Crippen LogP contribution in [0.2, 0.25) is 0 Å². The van der Waals surface area contributed by atoms with Crippen LogP contribution in [0.3, 0.4) is 0 Å². The quantitative estimate of drug-likeness (QED) is 0.610. The average Bonchev–Trinajstić information content (AvgIpc) is 2.68. The molecule has 3 aromatic rings. The maximum absolute atomic E-state index is 12.4. The summed E-state index contributed by atoms with van der Waals surface area (Å²) in [4.78, 5) is 11.5. The summed E-state index contributed by atoms with van der Waals surface area (Å²) in [5.41, 5.74) is 0.434. The highest BCUT2D eigenvalue weighted by atomic mass is 32.2. The van der Waals surface area contributed by atoms with Crippen LogP contribution in [0.25, 0.3) is 6.08 Å². The number of hydrogen-bond donors (Lipinski definition) is 2. The molecule has 7 heteroatoms. The van der Waals surface area contributed by atoms with Gasteiger partial charge in [-0.3, -0.25) is 4.72 Å². The second-order valence-corrected chi connectivity index (χ2v) is 7.35. The normalized spacial score (nSPS) is 11.3. The van der Waals surface area contributed by atoms with Crippen molar-refractivity contribution in [1.29, 1.82) is 0 Å². The van der Waals surface area contributed by atoms with Gasteiger partial charge in [-0.25, -0.2) is 13.2 Å². The van der Waals surface area contributed by atoms with Crippen molar-refractivity contribution in [3.63, 3.8) is 0 Å². The molecule has 0 unspecified atom stereocenters. The van der Waals surface area contributed by atoms with Crippen molar-refractivity contribution in [3.8, 4) is 11.5 Å². The van der Waals surface area contributed by atoms with Gasteiger partial charge in [0, 0.05) is 6.07 Å². The molecule has 0 aliphatic carbocycles. The Morgan fingerprint density at radius 3 is 2.18 bits per heavy atom. The van der Waals surface area contributed by atoms with Crippen LogP contribution < -0.4 is 9.46 Å². The molecule has 0 heterocycles. The zero-order valence-electron chi connectivity index (χ0n) is 14.6. The van der Waals surface area contributed by atoms with Crippen LogP contribution in [0.4, 0.5) is 5.69 Å². The minimum absolute atomic E-state index is 0.0846. The second kappa shape index (κ2) is 8.41. The predicted octanol–water partition coefficient (Wildman–Crippen LogP) is 4.59. The summed E-state index contributed by atoms with van der Waals surface area (Å²) in [6, 6.07) is 21.9. The third-order valence-corrected chi connectivity index (χ3v) is 4.69. The summed E-state index contributed by atoms with van der Waals surface area (Å²) in [6.45, 7) is 0. The van der Waals surface area contributed by atoms with Crippen molar-refractivity contribution in [2.45, 2.75) is 0 Å². The Labute approximate surface area is 162 Å². The number of ether oxygens (including phenoxy) is 1. The summed E-state index contributed by atoms with van der Waals surface area (Å²) in [7, 11) is -3.93. The van der Waals surface area contributed by atoms with E-state index < -0.39 is 16.0 Å². The van der Waals surface area contributed by atoms with Crippen molar-refractivity contribution < 1.29 is 23.1 Å². The number of para-hydroxylation sites is 1. The van der Waals surface area contributed by atoms with Gasteiger partial charge in [-0.05, 0) is 35.9 Å². The first-order valence-electron chi connectivity index (χ1n) is 8.29. The standard InChI is InChI=1S/C21H17NO5S/c23-21(24)19-12-11-18(27-17-9-5-2-6-10-17)15-20(19)22-28(25,26)14-13-16-7-3-1-4-8-16/h1-15,22H,(H,23,24). The van der Waals surface area contributed by atoms with Gasteiger partial charge >= 0.3 is 5.97 Å². The van der Waals surface area contributed by atoms with Crippen LogP contribution in [0, 0.1) is 0 Å². The van der Waals surface area contributed by atoms with Gasteiger partial charge in [-0.1, -0.05) is 48.5 Å². The molecule has 0 atom stereocenters. The smallest absolute Gasteiger partial charge is 0.337 e. The zero-order chi connectivity index (χ0) is 20.0. The molecule has 0 aliphatic rings. The minimum Gasteiger partial charge on any atom is -0.478 e. The number of nitrogens with one attached hydrogen (secondary N) is 1. The molecular weight excluding hydrogens is 378 g/mol. The molecule has 0 spiro atoms. The molecule has 0 aliphatic heterocycles. The third kappa shape index (κ3) is 5.21. The van der Waals surface area contributed by atoms with Gasteiger partial charge in [0.1, 0.15) is 11.5 Å². The highest BCUT2D eigenvalue weighted by molar-refractivity contribution is 7.95. The van der Waals surface area contributed by atoms with Crippen LogP contribution in [-0.2, 0) is 10.0 Å². The molecule has 0 aromatic heterocycles. The van der Waals surface area contributed by atoms with Crippen molar-refractivity contribution >= 4 is 27.8 Å². The molecule has 0 saturated heterocycles. The van der Waals surface area contributed by atoms with Gasteiger partial charge in [0.15, 0.2) is 0 Å². The molecule has 2 N–H and O–H groups in total. The summed E-state index contributed by atoms with van der Waals surface area (Å²) in [5, 5.41) is 10.3. The lowest BCUT2D eigenvalue weighted by Gasteiger charge is -2.11. The molecule has 28 heavy (non-hydrogen) atoms. The number of carboxylic acid groups (broad SMARTS) is 1. The SMILES string of the molecule is O=C(O)c1ccc(Oc2ccccc2)cc1NS(=O)(=O)C=Cc1ccccc1. The molecule has 0 amide bonds. The van der Waals surface area contributed by atoms with Gasteiger partial charge in [0.2, 0.25) is 0 Å². The monoisotopic (exact) mass is 395 g/mol. The highest BCUT2D eigenvalue weighted by Gasteiger charge is 2.16. The predicted molar refractivity (Wildman–Crippen MR) is 108 cm³/mol. The van der Waals surface area contributed by atoms with Crippen LogP contribution >= 0.6 is 0 Å². The Bertz CT molecular complexity index is 1090. The van der Waals surface area contributed by atoms with Crippen LogP contribution in [0.5, 0.6) is 11.5 Å². The Morgan fingerprint density at radius 1 is 0.893 bits per heavy atom. The third-order valence-electron chi connectivity index (χ3n) is 3.69. The number of hydrogen-bond acceptors (Lipinski definition) is 4. The zero-order valence-corrected chi connectivity index (χ0v) is 15.5. The van der Waals surface area contributed by atoms with E-state index in [2.05, 4.69) is 4.72 Å².